The molecule has 1 N–H and O–H groups in total. The van der Waals surface area contributed by atoms with Crippen LogP contribution < -0.4 is 11.0 Å². The maximum atomic E-state index is 14.8. The highest BCUT2D eigenvalue weighted by Gasteiger charge is 2.51. The Kier molecular flexibility index (Phi) is 8.75. The zero-order valence-corrected chi connectivity index (χ0v) is 21.8. The van der Waals surface area contributed by atoms with Crippen molar-refractivity contribution < 1.29 is 23.4 Å². The lowest BCUT2D eigenvalue weighted by molar-refractivity contribution is -0.165. The number of ether oxygens (including phenoxy) is 3. The molecule has 2 heterocycles. The lowest BCUT2D eigenvalue weighted by Gasteiger charge is -2.31. The number of halogens is 1. The molecular weight excluding hydrogens is 513 g/mol. The number of carbonyl (C=O) groups is 1. The Hall–Kier alpha value is -4.18. The van der Waals surface area contributed by atoms with Crippen LogP contribution in [-0.2, 0) is 27.4 Å². The first kappa shape index (κ1) is 27.4. The monoisotopic (exact) mass is 543 g/mol. The molecule has 0 aliphatic carbocycles. The third-order valence-electron chi connectivity index (χ3n) is 6.77. The zero-order valence-electron chi connectivity index (χ0n) is 21.8. The second kappa shape index (κ2) is 12.8. The van der Waals surface area contributed by atoms with Gasteiger partial charge in [-0.25, -0.2) is 9.18 Å². The quantitative estimate of drug-likeness (QED) is 0.289. The van der Waals surface area contributed by atoms with Gasteiger partial charge < -0.3 is 19.5 Å². The van der Waals surface area contributed by atoms with Crippen LogP contribution in [0.5, 0.6) is 0 Å². The van der Waals surface area contributed by atoms with Gasteiger partial charge in [0.05, 0.1) is 25.9 Å². The normalized spacial score (nSPS) is 20.3. The van der Waals surface area contributed by atoms with Gasteiger partial charge in [0, 0.05) is 18.2 Å². The van der Waals surface area contributed by atoms with Gasteiger partial charge >= 0.3 is 5.69 Å². The van der Waals surface area contributed by atoms with Crippen LogP contribution in [0.4, 0.5) is 10.2 Å². The van der Waals surface area contributed by atoms with Crippen LogP contribution in [0, 0.1) is 0 Å². The number of benzene rings is 3. The first-order chi connectivity index (χ1) is 19.6. The molecule has 1 amide bonds. The first-order valence-electron chi connectivity index (χ1n) is 13.0. The molecule has 0 spiro atoms. The molecule has 206 valence electrons. The van der Waals surface area contributed by atoms with E-state index in [0.717, 1.165) is 11.1 Å². The molecule has 0 bridgehead atoms. The molecule has 8 nitrogen and oxygen atoms in total. The average molecular weight is 544 g/mol. The highest BCUT2D eigenvalue weighted by atomic mass is 19.1. The van der Waals surface area contributed by atoms with E-state index in [-0.39, 0.29) is 38.0 Å². The highest BCUT2D eigenvalue weighted by Crippen LogP contribution is 2.39. The molecule has 0 unspecified atom stereocenters. The predicted octanol–water partition coefficient (Wildman–Crippen LogP) is 4.93. The Morgan fingerprint density at radius 3 is 2.20 bits per heavy atom. The number of amides is 1. The summed E-state index contributed by atoms with van der Waals surface area (Å²) in [7, 11) is 0. The molecule has 3 aromatic carbocycles. The molecule has 1 aliphatic heterocycles. The minimum atomic E-state index is -1.42. The van der Waals surface area contributed by atoms with Crippen LogP contribution in [-0.4, -0.2) is 40.4 Å². The molecule has 1 saturated heterocycles. The van der Waals surface area contributed by atoms with Crippen molar-refractivity contribution in [3.63, 3.8) is 0 Å². The van der Waals surface area contributed by atoms with Gasteiger partial charge in [-0.15, -0.1) is 0 Å². The van der Waals surface area contributed by atoms with Gasteiger partial charge in [-0.3, -0.25) is 9.36 Å². The third kappa shape index (κ3) is 6.51. The molecule has 1 aromatic heterocycles. The Balaban J connectivity index is 1.32. The summed E-state index contributed by atoms with van der Waals surface area (Å²) < 4.78 is 34.3. The highest BCUT2D eigenvalue weighted by molar-refractivity contribution is 6.03. The molecule has 1 aliphatic rings. The van der Waals surface area contributed by atoms with Crippen molar-refractivity contribution in [1.29, 1.82) is 0 Å². The summed E-state index contributed by atoms with van der Waals surface area (Å²) in [5.41, 5.74) is 0.253. The van der Waals surface area contributed by atoms with Crippen molar-refractivity contribution in [2.75, 3.05) is 18.6 Å². The average Bonchev–Trinajstić information content (AvgIpc) is 3.36. The molecule has 5 rings (SSSR count). The number of rotatable bonds is 11. The van der Waals surface area contributed by atoms with E-state index >= 15 is 0 Å². The molecule has 3 atom stereocenters. The smallest absolute Gasteiger partial charge is 0.351 e. The van der Waals surface area contributed by atoms with Gasteiger partial charge in [-0.1, -0.05) is 78.9 Å². The molecule has 1 fully saturated rings. The van der Waals surface area contributed by atoms with Crippen LogP contribution in [0.3, 0.4) is 0 Å². The van der Waals surface area contributed by atoms with Gasteiger partial charge in [0.1, 0.15) is 24.3 Å². The van der Waals surface area contributed by atoms with E-state index in [1.54, 1.807) is 30.3 Å². The number of nitrogens with one attached hydrogen (secondary N) is 1. The predicted molar refractivity (Wildman–Crippen MR) is 147 cm³/mol. The number of hydrogen-bond donors (Lipinski definition) is 1. The van der Waals surface area contributed by atoms with Gasteiger partial charge in [-0.05, 0) is 29.3 Å². The van der Waals surface area contributed by atoms with Gasteiger partial charge in [0.25, 0.3) is 5.91 Å². The number of nitrogens with zero attached hydrogens (tertiary/aromatic N) is 2. The Labute approximate surface area is 231 Å². The molecule has 0 saturated carbocycles. The van der Waals surface area contributed by atoms with E-state index in [2.05, 4.69) is 10.3 Å². The summed E-state index contributed by atoms with van der Waals surface area (Å²) in [4.78, 5) is 29.5. The van der Waals surface area contributed by atoms with Crippen LogP contribution in [0.2, 0.25) is 0 Å². The van der Waals surface area contributed by atoms with Gasteiger partial charge in [-0.2, -0.15) is 4.98 Å². The van der Waals surface area contributed by atoms with Crippen molar-refractivity contribution in [3.8, 4) is 0 Å². The van der Waals surface area contributed by atoms with Crippen molar-refractivity contribution in [2.45, 2.75) is 37.6 Å². The van der Waals surface area contributed by atoms with Crippen molar-refractivity contribution in [1.82, 2.24) is 9.55 Å². The summed E-state index contributed by atoms with van der Waals surface area (Å²) in [5.74, 6) is -0.281. The van der Waals surface area contributed by atoms with Crippen molar-refractivity contribution in [2.24, 2.45) is 0 Å². The van der Waals surface area contributed by atoms with Crippen LogP contribution in [0.15, 0.2) is 108 Å². The summed E-state index contributed by atoms with van der Waals surface area (Å²) in [6.07, 6.45) is 0.162. The molecule has 40 heavy (non-hydrogen) atoms. The van der Waals surface area contributed by atoms with E-state index in [1.165, 1.54) is 16.8 Å². The topological polar surface area (TPSA) is 91.7 Å². The molecule has 4 aromatic rings. The third-order valence-corrected chi connectivity index (χ3v) is 6.77. The summed E-state index contributed by atoms with van der Waals surface area (Å²) >= 11 is 0. The largest absolute Gasteiger partial charge is 0.374 e. The number of alkyl halides is 1. The maximum absolute atomic E-state index is 14.8. The van der Waals surface area contributed by atoms with E-state index in [0.29, 0.717) is 5.56 Å². The van der Waals surface area contributed by atoms with Crippen molar-refractivity contribution >= 4 is 11.7 Å². The lowest BCUT2D eigenvalue weighted by Crippen LogP contribution is -2.47. The first-order valence-corrected chi connectivity index (χ1v) is 13.0. The second-order valence-electron chi connectivity index (χ2n) is 9.59. The summed E-state index contributed by atoms with van der Waals surface area (Å²) in [6.45, 7) is -0.411. The molecular formula is C31H30FN3O5. The van der Waals surface area contributed by atoms with Crippen molar-refractivity contribution in [3.05, 3.63) is 130 Å². The lowest BCUT2D eigenvalue weighted by atomic mass is 9.99. The minimum absolute atomic E-state index is 0.0677. The number of anilines is 1. The van der Waals surface area contributed by atoms with Crippen LogP contribution in [0.1, 0.15) is 34.1 Å². The standard InChI is InChI=1S/C31H30FN3O5/c32-21-31(22-38-19-23-10-4-1-5-11-23)26(39-20-24-12-6-2-7-13-24)18-28(40-31)35-17-16-27(34-30(35)37)33-29(36)25-14-8-3-9-15-25/h1-17,26,28H,18-22H2,(H,33,34,36,37)/t26-,28+,31+/m0/s1. The van der Waals surface area contributed by atoms with E-state index in [9.17, 15) is 14.0 Å². The van der Waals surface area contributed by atoms with Gasteiger partial charge in [0.2, 0.25) is 0 Å². The summed E-state index contributed by atoms with van der Waals surface area (Å²) in [6, 6.07) is 29.3. The molecule has 9 heteroatoms. The SMILES string of the molecule is O=C(Nc1ccn([C@H]2C[C@H](OCc3ccccc3)[C@@](CF)(COCc3ccccc3)O2)c(=O)n1)c1ccccc1. The molecule has 0 radical (unpaired) electrons. The summed E-state index contributed by atoms with van der Waals surface area (Å²) in [5, 5.41) is 2.63. The van der Waals surface area contributed by atoms with Crippen LogP contribution in [0.25, 0.3) is 0 Å². The fourth-order valence-corrected chi connectivity index (χ4v) is 4.63. The number of hydrogen-bond acceptors (Lipinski definition) is 6. The number of aromatic nitrogens is 2. The number of carbonyl (C=O) groups excluding carboxylic acids is 1. The zero-order chi connectivity index (χ0) is 27.8. The van der Waals surface area contributed by atoms with E-state index in [1.807, 2.05) is 60.7 Å². The Morgan fingerprint density at radius 1 is 0.950 bits per heavy atom. The minimum Gasteiger partial charge on any atom is -0.374 e. The fourth-order valence-electron chi connectivity index (χ4n) is 4.63. The second-order valence-corrected chi connectivity index (χ2v) is 9.59. The fraction of sp³-hybridized carbons (Fsp3) is 0.258. The Bertz CT molecular complexity index is 1450. The van der Waals surface area contributed by atoms with E-state index < -0.39 is 30.3 Å². The Morgan fingerprint density at radius 2 is 1.57 bits per heavy atom. The van der Waals surface area contributed by atoms with Crippen LogP contribution >= 0.6 is 0 Å². The van der Waals surface area contributed by atoms with E-state index in [4.69, 9.17) is 14.2 Å². The maximum Gasteiger partial charge on any atom is 0.351 e. The van der Waals surface area contributed by atoms with Gasteiger partial charge in [0.15, 0.2) is 0 Å².